The van der Waals surface area contributed by atoms with Crippen molar-refractivity contribution >= 4 is 5.91 Å². The fourth-order valence-corrected chi connectivity index (χ4v) is 2.67. The van der Waals surface area contributed by atoms with Gasteiger partial charge in [-0.25, -0.2) is 0 Å². The summed E-state index contributed by atoms with van der Waals surface area (Å²) in [6.45, 7) is 3.63. The largest absolute Gasteiger partial charge is 0.346 e. The predicted molar refractivity (Wildman–Crippen MR) is 67.1 cm³/mol. The van der Waals surface area contributed by atoms with Gasteiger partial charge in [-0.1, -0.05) is 26.2 Å². The normalized spacial score (nSPS) is 19.4. The Labute approximate surface area is 99.4 Å². The Hall–Kier alpha value is -0.570. The van der Waals surface area contributed by atoms with Gasteiger partial charge in [0.05, 0.1) is 0 Å². The summed E-state index contributed by atoms with van der Waals surface area (Å²) in [4.78, 5) is 13.9. The van der Waals surface area contributed by atoms with Crippen molar-refractivity contribution in [1.29, 1.82) is 0 Å². The van der Waals surface area contributed by atoms with Crippen molar-refractivity contribution in [3.8, 4) is 0 Å². The third kappa shape index (κ3) is 3.48. The maximum atomic E-state index is 12.0. The van der Waals surface area contributed by atoms with Gasteiger partial charge in [0.2, 0.25) is 5.91 Å². The Bertz CT molecular complexity index is 222. The summed E-state index contributed by atoms with van der Waals surface area (Å²) in [5, 5.41) is 0. The summed E-state index contributed by atoms with van der Waals surface area (Å²) < 4.78 is 0. The van der Waals surface area contributed by atoms with Gasteiger partial charge in [0.25, 0.3) is 0 Å². The molecule has 1 saturated carbocycles. The molecule has 0 spiro atoms. The molecule has 0 radical (unpaired) electrons. The zero-order chi connectivity index (χ0) is 12.0. The molecule has 94 valence electrons. The maximum Gasteiger partial charge on any atom is 0.222 e. The standard InChI is InChI=1S/C13H26N2O/c1-3-9-15(2)12(16)10-13(11-14)7-5-4-6-8-13/h3-11,14H2,1-2H3. The highest BCUT2D eigenvalue weighted by molar-refractivity contribution is 5.76. The fraction of sp³-hybridized carbons (Fsp3) is 0.923. The van der Waals surface area contributed by atoms with Crippen molar-refractivity contribution in [2.45, 2.75) is 51.9 Å². The molecule has 1 aliphatic rings. The van der Waals surface area contributed by atoms with Crippen LogP contribution in [-0.2, 0) is 4.79 Å². The molecule has 1 rings (SSSR count). The van der Waals surface area contributed by atoms with Gasteiger partial charge in [0, 0.05) is 20.0 Å². The van der Waals surface area contributed by atoms with E-state index in [1.165, 1.54) is 19.3 Å². The van der Waals surface area contributed by atoms with Crippen molar-refractivity contribution < 1.29 is 4.79 Å². The van der Waals surface area contributed by atoms with Gasteiger partial charge < -0.3 is 10.6 Å². The number of amides is 1. The van der Waals surface area contributed by atoms with Crippen LogP contribution in [0.2, 0.25) is 0 Å². The Kier molecular flexibility index (Phi) is 5.26. The van der Waals surface area contributed by atoms with Gasteiger partial charge in [-0.15, -0.1) is 0 Å². The molecule has 16 heavy (non-hydrogen) atoms. The van der Waals surface area contributed by atoms with Gasteiger partial charge in [-0.2, -0.15) is 0 Å². The predicted octanol–water partition coefficient (Wildman–Crippen LogP) is 2.15. The average molecular weight is 226 g/mol. The highest BCUT2D eigenvalue weighted by Gasteiger charge is 2.33. The summed E-state index contributed by atoms with van der Waals surface area (Å²) >= 11 is 0. The molecule has 0 aliphatic heterocycles. The van der Waals surface area contributed by atoms with E-state index in [1.54, 1.807) is 0 Å². The van der Waals surface area contributed by atoms with Crippen LogP contribution >= 0.6 is 0 Å². The third-order valence-electron chi connectivity index (χ3n) is 3.86. The number of carbonyl (C=O) groups is 1. The SMILES string of the molecule is CCCN(C)C(=O)CC1(CN)CCCCC1. The number of nitrogens with two attached hydrogens (primary N) is 1. The molecule has 1 fully saturated rings. The lowest BCUT2D eigenvalue weighted by Gasteiger charge is -2.36. The molecule has 3 heteroatoms. The molecule has 0 heterocycles. The summed E-state index contributed by atoms with van der Waals surface area (Å²) in [6.07, 6.45) is 7.73. The van der Waals surface area contributed by atoms with Crippen LogP contribution in [-0.4, -0.2) is 30.9 Å². The molecule has 0 aromatic carbocycles. The van der Waals surface area contributed by atoms with Gasteiger partial charge >= 0.3 is 0 Å². The number of nitrogens with zero attached hydrogens (tertiary/aromatic N) is 1. The maximum absolute atomic E-state index is 12.0. The molecular weight excluding hydrogens is 200 g/mol. The van der Waals surface area contributed by atoms with Crippen LogP contribution in [0, 0.1) is 5.41 Å². The molecule has 0 unspecified atom stereocenters. The topological polar surface area (TPSA) is 46.3 Å². The van der Waals surface area contributed by atoms with E-state index in [-0.39, 0.29) is 11.3 Å². The second kappa shape index (κ2) is 6.24. The molecule has 0 aromatic heterocycles. The molecular formula is C13H26N2O. The smallest absolute Gasteiger partial charge is 0.222 e. The molecule has 1 aliphatic carbocycles. The van der Waals surface area contributed by atoms with E-state index in [2.05, 4.69) is 6.92 Å². The molecule has 0 bridgehead atoms. The minimum Gasteiger partial charge on any atom is -0.346 e. The minimum atomic E-state index is 0.108. The van der Waals surface area contributed by atoms with Crippen molar-refractivity contribution in [3.05, 3.63) is 0 Å². The summed E-state index contributed by atoms with van der Waals surface area (Å²) in [6, 6.07) is 0. The van der Waals surface area contributed by atoms with Gasteiger partial charge in [-0.05, 0) is 31.2 Å². The molecule has 0 atom stereocenters. The van der Waals surface area contributed by atoms with Crippen molar-refractivity contribution in [2.75, 3.05) is 20.1 Å². The van der Waals surface area contributed by atoms with E-state index >= 15 is 0 Å². The van der Waals surface area contributed by atoms with E-state index < -0.39 is 0 Å². The Morgan fingerprint density at radius 3 is 2.44 bits per heavy atom. The van der Waals surface area contributed by atoms with Crippen LogP contribution < -0.4 is 5.73 Å². The van der Waals surface area contributed by atoms with Gasteiger partial charge in [0.15, 0.2) is 0 Å². The molecule has 3 nitrogen and oxygen atoms in total. The fourth-order valence-electron chi connectivity index (χ4n) is 2.67. The van der Waals surface area contributed by atoms with Crippen LogP contribution in [0.3, 0.4) is 0 Å². The minimum absolute atomic E-state index is 0.108. The van der Waals surface area contributed by atoms with Crippen LogP contribution in [0.1, 0.15) is 51.9 Å². The Morgan fingerprint density at radius 1 is 1.31 bits per heavy atom. The highest BCUT2D eigenvalue weighted by Crippen LogP contribution is 2.38. The molecule has 2 N–H and O–H groups in total. The second-order valence-corrected chi connectivity index (χ2v) is 5.26. The van der Waals surface area contributed by atoms with Crippen molar-refractivity contribution in [1.82, 2.24) is 4.90 Å². The van der Waals surface area contributed by atoms with Crippen LogP contribution in [0.4, 0.5) is 0 Å². The van der Waals surface area contributed by atoms with Crippen LogP contribution in [0.25, 0.3) is 0 Å². The number of hydrogen-bond donors (Lipinski definition) is 1. The summed E-state index contributed by atoms with van der Waals surface area (Å²) in [5.74, 6) is 0.272. The third-order valence-corrected chi connectivity index (χ3v) is 3.86. The van der Waals surface area contributed by atoms with E-state index in [0.29, 0.717) is 13.0 Å². The first-order valence-corrected chi connectivity index (χ1v) is 6.57. The van der Waals surface area contributed by atoms with Gasteiger partial charge in [-0.3, -0.25) is 4.79 Å². The monoisotopic (exact) mass is 226 g/mol. The first-order valence-electron chi connectivity index (χ1n) is 6.57. The van der Waals surface area contributed by atoms with Crippen LogP contribution in [0.15, 0.2) is 0 Å². The van der Waals surface area contributed by atoms with Crippen LogP contribution in [0.5, 0.6) is 0 Å². The summed E-state index contributed by atoms with van der Waals surface area (Å²) in [5.41, 5.74) is 6.00. The lowest BCUT2D eigenvalue weighted by Crippen LogP contribution is -2.39. The highest BCUT2D eigenvalue weighted by atomic mass is 16.2. The molecule has 1 amide bonds. The quantitative estimate of drug-likeness (QED) is 0.781. The zero-order valence-electron chi connectivity index (χ0n) is 10.8. The number of carbonyl (C=O) groups excluding carboxylic acids is 1. The van der Waals surface area contributed by atoms with E-state index in [9.17, 15) is 4.79 Å². The zero-order valence-corrected chi connectivity index (χ0v) is 10.8. The van der Waals surface area contributed by atoms with E-state index in [4.69, 9.17) is 5.73 Å². The number of hydrogen-bond acceptors (Lipinski definition) is 2. The molecule has 0 aromatic rings. The first kappa shape index (κ1) is 13.5. The van der Waals surface area contributed by atoms with E-state index in [0.717, 1.165) is 25.8 Å². The second-order valence-electron chi connectivity index (χ2n) is 5.26. The average Bonchev–Trinajstić information content (AvgIpc) is 2.30. The van der Waals surface area contributed by atoms with Crippen molar-refractivity contribution in [3.63, 3.8) is 0 Å². The number of rotatable bonds is 5. The Balaban J connectivity index is 2.51. The van der Waals surface area contributed by atoms with E-state index in [1.807, 2.05) is 11.9 Å². The summed E-state index contributed by atoms with van der Waals surface area (Å²) in [7, 11) is 1.90. The molecule has 0 saturated heterocycles. The first-order chi connectivity index (χ1) is 7.63. The lowest BCUT2D eigenvalue weighted by atomic mass is 9.71. The van der Waals surface area contributed by atoms with Gasteiger partial charge in [0.1, 0.15) is 0 Å². The lowest BCUT2D eigenvalue weighted by molar-refractivity contribution is -0.132. The Morgan fingerprint density at radius 2 is 1.94 bits per heavy atom. The van der Waals surface area contributed by atoms with Crippen molar-refractivity contribution in [2.24, 2.45) is 11.1 Å².